The quantitative estimate of drug-likeness (QED) is 0.349. The Hall–Kier alpha value is -2.47. The lowest BCUT2D eigenvalue weighted by atomic mass is 10.1. The van der Waals surface area contributed by atoms with E-state index in [4.69, 9.17) is 14.2 Å². The number of halogens is 2. The van der Waals surface area contributed by atoms with E-state index in [9.17, 15) is 13.6 Å². The molecular formula is C24H28F2O4. The summed E-state index contributed by atoms with van der Waals surface area (Å²) in [6.45, 7) is 6.78. The van der Waals surface area contributed by atoms with Crippen LogP contribution in [0.1, 0.15) is 45.6 Å². The summed E-state index contributed by atoms with van der Waals surface area (Å²) in [4.78, 5) is 12.5. The number of carbonyl (C=O) groups is 1. The van der Waals surface area contributed by atoms with Gasteiger partial charge in [-0.3, -0.25) is 4.79 Å². The molecule has 6 heteroatoms. The highest BCUT2D eigenvalue weighted by atomic mass is 19.1. The van der Waals surface area contributed by atoms with Gasteiger partial charge in [0, 0.05) is 12.0 Å². The number of ether oxygens (including phenoxy) is 3. The molecule has 0 heterocycles. The Bertz CT molecular complexity index is 864. The highest BCUT2D eigenvalue weighted by Crippen LogP contribution is 2.54. The van der Waals surface area contributed by atoms with Crippen LogP contribution in [0.5, 0.6) is 11.5 Å². The van der Waals surface area contributed by atoms with Crippen molar-refractivity contribution in [3.05, 3.63) is 59.7 Å². The van der Waals surface area contributed by atoms with Crippen molar-refractivity contribution in [3.63, 3.8) is 0 Å². The minimum absolute atomic E-state index is 0.00796. The second-order valence-corrected chi connectivity index (χ2v) is 8.23. The summed E-state index contributed by atoms with van der Waals surface area (Å²) < 4.78 is 43.9. The van der Waals surface area contributed by atoms with Gasteiger partial charge in [-0.25, -0.2) is 8.78 Å². The summed E-state index contributed by atoms with van der Waals surface area (Å²) in [6.07, 6.45) is 3.08. The lowest BCUT2D eigenvalue weighted by molar-refractivity contribution is -0.148. The van der Waals surface area contributed by atoms with Gasteiger partial charge in [0.1, 0.15) is 18.2 Å². The maximum Gasteiger partial charge on any atom is 0.312 e. The van der Waals surface area contributed by atoms with Gasteiger partial charge in [-0.15, -0.1) is 0 Å². The minimum Gasteiger partial charge on any atom is -0.461 e. The van der Waals surface area contributed by atoms with Crippen LogP contribution in [-0.2, 0) is 20.9 Å². The first-order chi connectivity index (χ1) is 14.3. The maximum absolute atomic E-state index is 14.1. The third-order valence-electron chi connectivity index (χ3n) is 5.45. The van der Waals surface area contributed by atoms with Gasteiger partial charge in [0.05, 0.1) is 12.0 Å². The van der Waals surface area contributed by atoms with E-state index in [0.717, 1.165) is 19.3 Å². The van der Waals surface area contributed by atoms with E-state index in [2.05, 4.69) is 6.92 Å². The van der Waals surface area contributed by atoms with Gasteiger partial charge in [-0.05, 0) is 48.4 Å². The van der Waals surface area contributed by atoms with Crippen LogP contribution < -0.4 is 4.74 Å². The fraction of sp³-hybridized carbons (Fsp3) is 0.458. The van der Waals surface area contributed by atoms with Gasteiger partial charge in [0.15, 0.2) is 11.6 Å². The molecule has 1 aliphatic carbocycles. The maximum atomic E-state index is 14.1. The first-order valence-electron chi connectivity index (χ1n) is 10.3. The first kappa shape index (κ1) is 22.2. The monoisotopic (exact) mass is 418 g/mol. The molecule has 0 aromatic heterocycles. The van der Waals surface area contributed by atoms with E-state index in [-0.39, 0.29) is 35.8 Å². The lowest BCUT2D eigenvalue weighted by Crippen LogP contribution is -2.12. The molecule has 2 unspecified atom stereocenters. The molecule has 4 nitrogen and oxygen atoms in total. The van der Waals surface area contributed by atoms with E-state index in [1.54, 1.807) is 0 Å². The fourth-order valence-corrected chi connectivity index (χ4v) is 3.48. The number of benzene rings is 2. The zero-order valence-electron chi connectivity index (χ0n) is 17.6. The number of hydrogen-bond donors (Lipinski definition) is 0. The van der Waals surface area contributed by atoms with Crippen molar-refractivity contribution >= 4 is 5.97 Å². The molecule has 2 atom stereocenters. The fourth-order valence-electron chi connectivity index (χ4n) is 3.48. The SMILES string of the molecule is CCCCCOC1C(C(=O)OCc2ccc(F)c(Oc3ccc(F)cc3)c2)C1(C)C. The van der Waals surface area contributed by atoms with E-state index in [1.807, 2.05) is 13.8 Å². The highest BCUT2D eigenvalue weighted by molar-refractivity contribution is 5.78. The topological polar surface area (TPSA) is 44.8 Å². The molecule has 0 spiro atoms. The van der Waals surface area contributed by atoms with Gasteiger partial charge in [-0.1, -0.05) is 39.7 Å². The molecule has 0 aliphatic heterocycles. The molecule has 0 amide bonds. The lowest BCUT2D eigenvalue weighted by Gasteiger charge is -2.10. The predicted octanol–water partition coefficient (Wildman–Crippen LogP) is 6.03. The number of hydrogen-bond acceptors (Lipinski definition) is 4. The van der Waals surface area contributed by atoms with Crippen molar-refractivity contribution in [2.24, 2.45) is 11.3 Å². The molecule has 0 bridgehead atoms. The van der Waals surface area contributed by atoms with Crippen molar-refractivity contribution in [3.8, 4) is 11.5 Å². The van der Waals surface area contributed by atoms with Crippen molar-refractivity contribution in [1.29, 1.82) is 0 Å². The van der Waals surface area contributed by atoms with Crippen molar-refractivity contribution in [2.75, 3.05) is 6.61 Å². The van der Waals surface area contributed by atoms with E-state index < -0.39 is 11.6 Å². The van der Waals surface area contributed by atoms with Crippen molar-refractivity contribution in [1.82, 2.24) is 0 Å². The molecule has 2 aromatic rings. The molecule has 2 aromatic carbocycles. The summed E-state index contributed by atoms with van der Waals surface area (Å²) >= 11 is 0. The number of carbonyl (C=O) groups excluding carboxylic acids is 1. The van der Waals surface area contributed by atoms with E-state index in [0.29, 0.717) is 17.9 Å². The number of unbranched alkanes of at least 4 members (excludes halogenated alkanes) is 2. The Morgan fingerprint density at radius 3 is 2.50 bits per heavy atom. The van der Waals surface area contributed by atoms with Gasteiger partial charge >= 0.3 is 5.97 Å². The van der Waals surface area contributed by atoms with Crippen LogP contribution in [-0.4, -0.2) is 18.7 Å². The van der Waals surface area contributed by atoms with Gasteiger partial charge in [0.2, 0.25) is 0 Å². The summed E-state index contributed by atoms with van der Waals surface area (Å²) in [6, 6.07) is 9.56. The minimum atomic E-state index is -0.557. The third-order valence-corrected chi connectivity index (χ3v) is 5.45. The number of esters is 1. The van der Waals surface area contributed by atoms with Crippen molar-refractivity contribution < 1.29 is 27.8 Å². The Balaban J connectivity index is 1.55. The molecule has 162 valence electrons. The van der Waals surface area contributed by atoms with Crippen LogP contribution in [0.4, 0.5) is 8.78 Å². The molecular weight excluding hydrogens is 390 g/mol. The van der Waals surface area contributed by atoms with E-state index >= 15 is 0 Å². The molecule has 0 radical (unpaired) electrons. The van der Waals surface area contributed by atoms with Crippen molar-refractivity contribution in [2.45, 2.75) is 52.7 Å². The standard InChI is InChI=1S/C24H28F2O4/c1-4-5-6-13-28-22-21(24(22,2)3)23(27)29-15-16-7-12-19(26)20(14-16)30-18-10-8-17(25)9-11-18/h7-12,14,21-22H,4-6,13,15H2,1-3H3. The molecule has 30 heavy (non-hydrogen) atoms. The van der Waals surface area contributed by atoms with Crippen LogP contribution in [0.15, 0.2) is 42.5 Å². The van der Waals surface area contributed by atoms with Crippen LogP contribution in [0, 0.1) is 23.0 Å². The van der Waals surface area contributed by atoms with Crippen LogP contribution in [0.3, 0.4) is 0 Å². The molecule has 1 aliphatic rings. The third kappa shape index (κ3) is 5.36. The van der Waals surface area contributed by atoms with Crippen LogP contribution >= 0.6 is 0 Å². The zero-order valence-corrected chi connectivity index (χ0v) is 17.6. The molecule has 0 saturated heterocycles. The van der Waals surface area contributed by atoms with Gasteiger partial charge < -0.3 is 14.2 Å². The van der Waals surface area contributed by atoms with Gasteiger partial charge in [-0.2, -0.15) is 0 Å². The normalized spacial score (nSPS) is 19.4. The summed E-state index contributed by atoms with van der Waals surface area (Å²) in [5.74, 6) is -1.27. The average Bonchev–Trinajstić information content (AvgIpc) is 3.27. The Morgan fingerprint density at radius 1 is 1.07 bits per heavy atom. The summed E-state index contributed by atoms with van der Waals surface area (Å²) in [5.41, 5.74) is 0.351. The van der Waals surface area contributed by atoms with Crippen LogP contribution in [0.25, 0.3) is 0 Å². The first-order valence-corrected chi connectivity index (χ1v) is 10.3. The summed E-state index contributed by atoms with van der Waals surface area (Å²) in [7, 11) is 0. The smallest absolute Gasteiger partial charge is 0.312 e. The second kappa shape index (κ2) is 9.56. The highest BCUT2D eigenvalue weighted by Gasteiger charge is 2.64. The molecule has 1 fully saturated rings. The average molecular weight is 418 g/mol. The summed E-state index contributed by atoms with van der Waals surface area (Å²) in [5, 5.41) is 0. The molecule has 0 N–H and O–H groups in total. The molecule has 3 rings (SSSR count). The Kier molecular flexibility index (Phi) is 7.08. The largest absolute Gasteiger partial charge is 0.461 e. The Labute approximate surface area is 176 Å². The van der Waals surface area contributed by atoms with Gasteiger partial charge in [0.25, 0.3) is 0 Å². The zero-order chi connectivity index (χ0) is 21.7. The Morgan fingerprint density at radius 2 is 1.80 bits per heavy atom. The van der Waals surface area contributed by atoms with Crippen LogP contribution in [0.2, 0.25) is 0 Å². The second-order valence-electron chi connectivity index (χ2n) is 8.23. The number of rotatable bonds is 10. The van der Waals surface area contributed by atoms with E-state index in [1.165, 1.54) is 42.5 Å². The molecule has 1 saturated carbocycles. The predicted molar refractivity (Wildman–Crippen MR) is 109 cm³/mol.